The molecule has 2 amide bonds. The number of para-hydroxylation sites is 1. The van der Waals surface area contributed by atoms with Crippen LogP contribution >= 0.6 is 11.8 Å². The molecule has 0 spiro atoms. The molecule has 0 radical (unpaired) electrons. The zero-order valence-corrected chi connectivity index (χ0v) is 16.4. The fraction of sp³-hybridized carbons (Fsp3) is 0.235. The summed E-state index contributed by atoms with van der Waals surface area (Å²) < 4.78 is 26.8. The summed E-state index contributed by atoms with van der Waals surface area (Å²) in [5.74, 6) is -0.156. The summed E-state index contributed by atoms with van der Waals surface area (Å²) in [5, 5.41) is 2.65. The Labute approximate surface area is 161 Å². The van der Waals surface area contributed by atoms with Crippen molar-refractivity contribution < 1.29 is 18.0 Å². The van der Waals surface area contributed by atoms with E-state index in [1.165, 1.54) is 17.1 Å². The highest BCUT2D eigenvalue weighted by molar-refractivity contribution is 8.13. The minimum atomic E-state index is -3.44. The third kappa shape index (κ3) is 4.58. The summed E-state index contributed by atoms with van der Waals surface area (Å²) in [7, 11) is -0.119. The van der Waals surface area contributed by atoms with Gasteiger partial charge < -0.3 is 15.1 Å². The van der Waals surface area contributed by atoms with Crippen molar-refractivity contribution in [3.63, 3.8) is 0 Å². The van der Waals surface area contributed by atoms with E-state index in [0.717, 1.165) is 11.8 Å². The Morgan fingerprint density at radius 2 is 1.96 bits per heavy atom. The van der Waals surface area contributed by atoms with Gasteiger partial charge in [-0.3, -0.25) is 9.59 Å². The molecule has 1 aromatic rings. The number of amidine groups is 1. The fourth-order valence-electron chi connectivity index (χ4n) is 2.37. The topological polar surface area (TPSA) is 99.1 Å². The minimum absolute atomic E-state index is 0.0954. The molecule has 0 aliphatic carbocycles. The van der Waals surface area contributed by atoms with Crippen molar-refractivity contribution in [1.29, 1.82) is 0 Å². The highest BCUT2D eigenvalue weighted by Crippen LogP contribution is 2.29. The molecule has 2 aliphatic rings. The average molecular weight is 406 g/mol. The highest BCUT2D eigenvalue weighted by atomic mass is 32.2. The summed E-state index contributed by atoms with van der Waals surface area (Å²) >= 11 is 1.02. The lowest BCUT2D eigenvalue weighted by atomic mass is 10.1. The largest absolute Gasteiger partial charge is 0.339 e. The van der Waals surface area contributed by atoms with Crippen molar-refractivity contribution in [2.45, 2.75) is 4.90 Å². The molecule has 0 atom stereocenters. The predicted molar refractivity (Wildman–Crippen MR) is 105 cm³/mol. The molecule has 8 nitrogen and oxygen atoms in total. The van der Waals surface area contributed by atoms with Crippen molar-refractivity contribution in [3.05, 3.63) is 48.2 Å². The first kappa shape index (κ1) is 19.2. The highest BCUT2D eigenvalue weighted by Gasteiger charge is 2.25. The van der Waals surface area contributed by atoms with Crippen LogP contribution < -0.4 is 5.32 Å². The Balaban J connectivity index is 1.77. The lowest BCUT2D eigenvalue weighted by Crippen LogP contribution is -2.37. The molecule has 10 heteroatoms. The standard InChI is InChI=1S/C17H18N4O4S2/c1-20(2)17(23)26-14-6-4-3-5-13(14)18-16(22)12-7-8-15-19-27(24,25)10-9-21(15)11-12/h3-8,11H,9-10H2,1-2H3,(H,18,22). The van der Waals surface area contributed by atoms with Crippen LogP contribution in [0, 0.1) is 0 Å². The third-order valence-electron chi connectivity index (χ3n) is 3.78. The summed E-state index contributed by atoms with van der Waals surface area (Å²) in [4.78, 5) is 28.3. The van der Waals surface area contributed by atoms with E-state index >= 15 is 0 Å². The number of thioether (sulfide) groups is 1. The second kappa shape index (κ2) is 7.57. The normalized spacial score (nSPS) is 17.5. The smallest absolute Gasteiger partial charge is 0.286 e. The number of hydrogen-bond donors (Lipinski definition) is 1. The molecule has 0 unspecified atom stereocenters. The summed E-state index contributed by atoms with van der Waals surface area (Å²) in [6.07, 6.45) is 4.59. The quantitative estimate of drug-likeness (QED) is 0.770. The molecule has 0 bridgehead atoms. The van der Waals surface area contributed by atoms with Crippen molar-refractivity contribution >= 4 is 44.5 Å². The van der Waals surface area contributed by atoms with Crippen LogP contribution in [-0.4, -0.2) is 61.6 Å². The Kier molecular flexibility index (Phi) is 5.38. The first-order chi connectivity index (χ1) is 12.7. The van der Waals surface area contributed by atoms with Gasteiger partial charge in [-0.1, -0.05) is 12.1 Å². The van der Waals surface area contributed by atoms with Crippen molar-refractivity contribution in [2.24, 2.45) is 4.40 Å². The van der Waals surface area contributed by atoms with E-state index < -0.39 is 10.0 Å². The second-order valence-electron chi connectivity index (χ2n) is 6.06. The predicted octanol–water partition coefficient (Wildman–Crippen LogP) is 1.90. The number of nitrogens with zero attached hydrogens (tertiary/aromatic N) is 3. The van der Waals surface area contributed by atoms with Crippen LogP contribution in [-0.2, 0) is 14.8 Å². The number of fused-ring (bicyclic) bond motifs is 1. The number of benzene rings is 1. The van der Waals surface area contributed by atoms with Gasteiger partial charge in [0.1, 0.15) is 5.84 Å². The van der Waals surface area contributed by atoms with Crippen LogP contribution in [0.25, 0.3) is 0 Å². The first-order valence-corrected chi connectivity index (χ1v) is 10.5. The maximum absolute atomic E-state index is 12.6. The number of hydrogen-bond acceptors (Lipinski definition) is 6. The van der Waals surface area contributed by atoms with E-state index in [1.807, 2.05) is 0 Å². The van der Waals surface area contributed by atoms with Gasteiger partial charge in [0.15, 0.2) is 0 Å². The summed E-state index contributed by atoms with van der Waals surface area (Å²) in [6.45, 7) is 0.242. The van der Waals surface area contributed by atoms with Crippen molar-refractivity contribution in [1.82, 2.24) is 9.80 Å². The van der Waals surface area contributed by atoms with E-state index in [9.17, 15) is 18.0 Å². The van der Waals surface area contributed by atoms with Gasteiger partial charge in [0.25, 0.3) is 21.2 Å². The molecule has 0 saturated carbocycles. The summed E-state index contributed by atoms with van der Waals surface area (Å²) in [6, 6.07) is 7.03. The van der Waals surface area contributed by atoms with Gasteiger partial charge in [-0.05, 0) is 36.0 Å². The average Bonchev–Trinajstić information content (AvgIpc) is 2.62. The number of sulfonamides is 1. The van der Waals surface area contributed by atoms with Gasteiger partial charge >= 0.3 is 0 Å². The van der Waals surface area contributed by atoms with E-state index in [1.54, 1.807) is 49.5 Å². The molecule has 27 heavy (non-hydrogen) atoms. The fourth-order valence-corrected chi connectivity index (χ4v) is 4.09. The number of rotatable bonds is 3. The zero-order valence-electron chi connectivity index (χ0n) is 14.7. The van der Waals surface area contributed by atoms with Crippen LogP contribution in [0.5, 0.6) is 0 Å². The molecular weight excluding hydrogens is 388 g/mol. The molecular formula is C17H18N4O4S2. The number of carbonyl (C=O) groups excluding carboxylic acids is 2. The van der Waals surface area contributed by atoms with Gasteiger partial charge in [0.2, 0.25) is 0 Å². The number of carbonyl (C=O) groups is 2. The third-order valence-corrected chi connectivity index (χ3v) is 6.06. The van der Waals surface area contributed by atoms with Crippen LogP contribution in [0.15, 0.2) is 57.5 Å². The van der Waals surface area contributed by atoms with Crippen molar-refractivity contribution in [3.8, 4) is 0 Å². The van der Waals surface area contributed by atoms with Gasteiger partial charge in [0, 0.05) is 31.7 Å². The number of nitrogens with one attached hydrogen (secondary N) is 1. The second-order valence-corrected chi connectivity index (χ2v) is 8.81. The molecule has 0 aromatic heterocycles. The number of anilines is 1. The molecule has 0 saturated heterocycles. The van der Waals surface area contributed by atoms with E-state index in [-0.39, 0.29) is 23.4 Å². The first-order valence-electron chi connectivity index (χ1n) is 8.04. The lowest BCUT2D eigenvalue weighted by Gasteiger charge is -2.27. The Hall–Kier alpha value is -2.59. The monoisotopic (exact) mass is 406 g/mol. The number of amides is 2. The van der Waals surface area contributed by atoms with Crippen LogP contribution in [0.3, 0.4) is 0 Å². The van der Waals surface area contributed by atoms with E-state index in [4.69, 9.17) is 0 Å². The lowest BCUT2D eigenvalue weighted by molar-refractivity contribution is -0.112. The Morgan fingerprint density at radius 3 is 2.70 bits per heavy atom. The van der Waals surface area contributed by atoms with E-state index in [2.05, 4.69) is 9.71 Å². The van der Waals surface area contributed by atoms with Crippen LogP contribution in [0.2, 0.25) is 0 Å². The Bertz CT molecular complexity index is 980. The maximum Gasteiger partial charge on any atom is 0.286 e. The van der Waals surface area contributed by atoms with Gasteiger partial charge in [-0.15, -0.1) is 4.40 Å². The zero-order chi connectivity index (χ0) is 19.6. The molecule has 1 N–H and O–H groups in total. The molecule has 0 fully saturated rings. The minimum Gasteiger partial charge on any atom is -0.339 e. The van der Waals surface area contributed by atoms with Gasteiger partial charge in [-0.2, -0.15) is 0 Å². The van der Waals surface area contributed by atoms with Gasteiger partial charge in [0.05, 0.1) is 17.0 Å². The SMILES string of the molecule is CN(C)C(=O)Sc1ccccc1NC(=O)C1=CN2CCS(=O)(=O)N=C2C=C1. The molecule has 1 aromatic carbocycles. The van der Waals surface area contributed by atoms with E-state index in [0.29, 0.717) is 22.0 Å². The maximum atomic E-state index is 12.6. The molecule has 2 heterocycles. The molecule has 142 valence electrons. The Morgan fingerprint density at radius 1 is 1.22 bits per heavy atom. The summed E-state index contributed by atoms with van der Waals surface area (Å²) in [5.41, 5.74) is 0.893. The van der Waals surface area contributed by atoms with Crippen LogP contribution in [0.4, 0.5) is 10.5 Å². The molecule has 3 rings (SSSR count). The molecule has 2 aliphatic heterocycles. The van der Waals surface area contributed by atoms with Crippen LogP contribution in [0.1, 0.15) is 0 Å². The van der Waals surface area contributed by atoms with Gasteiger partial charge in [-0.25, -0.2) is 8.42 Å². The van der Waals surface area contributed by atoms with Crippen molar-refractivity contribution in [2.75, 3.05) is 31.7 Å².